The molecule has 0 spiro atoms. The minimum absolute atomic E-state index is 0.150. The number of hydrogen-bond donors (Lipinski definition) is 2. The summed E-state index contributed by atoms with van der Waals surface area (Å²) in [6.45, 7) is 1.52. The molecule has 0 saturated carbocycles. The van der Waals surface area contributed by atoms with Gasteiger partial charge in [-0.15, -0.1) is 0 Å². The lowest BCUT2D eigenvalue weighted by molar-refractivity contribution is -0.130. The van der Waals surface area contributed by atoms with E-state index in [0.717, 1.165) is 12.8 Å². The minimum Gasteiger partial charge on any atom is -0.494 e. The number of amides is 2. The molecule has 3 rings (SSSR count). The molecule has 2 radical (unpaired) electrons. The summed E-state index contributed by atoms with van der Waals surface area (Å²) >= 11 is 0. The van der Waals surface area contributed by atoms with Gasteiger partial charge in [0.05, 0.1) is 30.3 Å². The number of nitrogens with one attached hydrogen (secondary N) is 2. The molecule has 8 nitrogen and oxygen atoms in total. The third-order valence-electron chi connectivity index (χ3n) is 4.81. The first-order chi connectivity index (χ1) is 14.1. The van der Waals surface area contributed by atoms with Crippen LogP contribution in [0, 0.1) is 11.3 Å². The molecule has 1 aliphatic heterocycles. The van der Waals surface area contributed by atoms with Crippen molar-refractivity contribution in [1.82, 2.24) is 20.4 Å². The van der Waals surface area contributed by atoms with Crippen molar-refractivity contribution < 1.29 is 14.3 Å². The van der Waals surface area contributed by atoms with Crippen molar-refractivity contribution in [3.63, 3.8) is 0 Å². The summed E-state index contributed by atoms with van der Waals surface area (Å²) in [5.74, 6) is 0.00260. The SMILES string of the molecule is [B]NCCCOc1ccc2nccc(C(=O)NCC(=O)N3CCC[C@H]3C#N)c2c1. The Labute approximate surface area is 170 Å². The molecule has 1 aromatic heterocycles. The highest BCUT2D eigenvalue weighted by Gasteiger charge is 2.28. The van der Waals surface area contributed by atoms with E-state index in [-0.39, 0.29) is 18.4 Å². The Kier molecular flexibility index (Phi) is 7.03. The first-order valence-corrected chi connectivity index (χ1v) is 9.56. The number of fused-ring (bicyclic) bond motifs is 1. The highest BCUT2D eigenvalue weighted by molar-refractivity contribution is 6.07. The number of hydrogen-bond acceptors (Lipinski definition) is 6. The maximum atomic E-state index is 12.7. The first-order valence-electron chi connectivity index (χ1n) is 9.56. The van der Waals surface area contributed by atoms with Gasteiger partial charge in [-0.1, -0.05) is 0 Å². The van der Waals surface area contributed by atoms with Gasteiger partial charge in [-0.25, -0.2) is 0 Å². The van der Waals surface area contributed by atoms with Crippen molar-refractivity contribution in [2.24, 2.45) is 0 Å². The quantitative estimate of drug-likeness (QED) is 0.512. The number of nitriles is 1. The van der Waals surface area contributed by atoms with Crippen molar-refractivity contribution in [2.75, 3.05) is 26.2 Å². The van der Waals surface area contributed by atoms with E-state index >= 15 is 0 Å². The van der Waals surface area contributed by atoms with Gasteiger partial charge in [0, 0.05) is 18.1 Å². The zero-order valence-electron chi connectivity index (χ0n) is 16.1. The Bertz CT molecular complexity index is 930. The number of aromatic nitrogens is 1. The smallest absolute Gasteiger partial charge is 0.252 e. The third-order valence-corrected chi connectivity index (χ3v) is 4.81. The van der Waals surface area contributed by atoms with E-state index in [1.807, 2.05) is 0 Å². The predicted octanol–water partition coefficient (Wildman–Crippen LogP) is 0.921. The fourth-order valence-electron chi connectivity index (χ4n) is 3.33. The molecule has 148 valence electrons. The molecule has 2 heterocycles. The van der Waals surface area contributed by atoms with Gasteiger partial charge < -0.3 is 20.2 Å². The number of carbonyl (C=O) groups is 2. The molecule has 0 aliphatic carbocycles. The topological polar surface area (TPSA) is 107 Å². The Morgan fingerprint density at radius 3 is 3.03 bits per heavy atom. The molecular weight excluding hydrogens is 369 g/mol. The van der Waals surface area contributed by atoms with Gasteiger partial charge in [-0.2, -0.15) is 5.26 Å². The van der Waals surface area contributed by atoms with Gasteiger partial charge in [0.15, 0.2) is 7.98 Å². The van der Waals surface area contributed by atoms with Gasteiger partial charge >= 0.3 is 0 Å². The van der Waals surface area contributed by atoms with Crippen LogP contribution in [0.5, 0.6) is 5.75 Å². The average molecular weight is 391 g/mol. The molecule has 9 heteroatoms. The summed E-state index contributed by atoms with van der Waals surface area (Å²) in [7, 11) is 5.24. The molecule has 1 aliphatic rings. The normalized spacial score (nSPS) is 15.8. The monoisotopic (exact) mass is 391 g/mol. The van der Waals surface area contributed by atoms with E-state index < -0.39 is 6.04 Å². The molecular formula is C20H22BN5O3. The lowest BCUT2D eigenvalue weighted by atomic mass is 10.1. The average Bonchev–Trinajstić information content (AvgIpc) is 3.23. The van der Waals surface area contributed by atoms with Crippen LogP contribution >= 0.6 is 0 Å². The second-order valence-corrected chi connectivity index (χ2v) is 6.75. The molecule has 0 bridgehead atoms. The number of nitrogens with zero attached hydrogens (tertiary/aromatic N) is 3. The number of likely N-dealkylation sites (tertiary alicyclic amines) is 1. The van der Waals surface area contributed by atoms with E-state index in [9.17, 15) is 9.59 Å². The molecule has 29 heavy (non-hydrogen) atoms. The van der Waals surface area contributed by atoms with Crippen LogP contribution in [-0.4, -0.2) is 62.0 Å². The van der Waals surface area contributed by atoms with Crippen molar-refractivity contribution in [1.29, 1.82) is 5.26 Å². The zero-order valence-corrected chi connectivity index (χ0v) is 16.1. The summed E-state index contributed by atoms with van der Waals surface area (Å²) in [5, 5.41) is 15.0. The van der Waals surface area contributed by atoms with Gasteiger partial charge in [0.25, 0.3) is 5.91 Å². The summed E-state index contributed by atoms with van der Waals surface area (Å²) < 4.78 is 5.69. The summed E-state index contributed by atoms with van der Waals surface area (Å²) in [5.41, 5.74) is 1.07. The van der Waals surface area contributed by atoms with Crippen LogP contribution in [0.25, 0.3) is 10.9 Å². The van der Waals surface area contributed by atoms with Crippen molar-refractivity contribution in [2.45, 2.75) is 25.3 Å². The zero-order chi connectivity index (χ0) is 20.6. The first kappa shape index (κ1) is 20.6. The number of benzene rings is 1. The van der Waals surface area contributed by atoms with E-state index in [4.69, 9.17) is 18.0 Å². The number of ether oxygens (including phenoxy) is 1. The lowest BCUT2D eigenvalue weighted by Crippen LogP contribution is -2.42. The van der Waals surface area contributed by atoms with Gasteiger partial charge in [-0.05, 0) is 50.1 Å². The maximum absolute atomic E-state index is 12.7. The molecule has 1 fully saturated rings. The molecule has 2 aromatic rings. The Hall–Kier alpha value is -3.12. The van der Waals surface area contributed by atoms with Crippen molar-refractivity contribution in [3.05, 3.63) is 36.0 Å². The van der Waals surface area contributed by atoms with Gasteiger partial charge in [-0.3, -0.25) is 14.6 Å². The fraction of sp³-hybridized carbons (Fsp3) is 0.400. The van der Waals surface area contributed by atoms with Crippen LogP contribution in [0.4, 0.5) is 0 Å². The number of pyridine rings is 1. The molecule has 1 saturated heterocycles. The van der Waals surface area contributed by atoms with Crippen LogP contribution in [0.3, 0.4) is 0 Å². The van der Waals surface area contributed by atoms with Gasteiger partial charge in [0.1, 0.15) is 11.8 Å². The predicted molar refractivity (Wildman–Crippen MR) is 108 cm³/mol. The summed E-state index contributed by atoms with van der Waals surface area (Å²) in [4.78, 5) is 30.9. The second-order valence-electron chi connectivity index (χ2n) is 6.75. The highest BCUT2D eigenvalue weighted by atomic mass is 16.5. The van der Waals surface area contributed by atoms with E-state index in [1.165, 1.54) is 4.90 Å². The molecule has 2 N–H and O–H groups in total. The highest BCUT2D eigenvalue weighted by Crippen LogP contribution is 2.23. The lowest BCUT2D eigenvalue weighted by Gasteiger charge is -2.19. The Morgan fingerprint density at radius 1 is 1.38 bits per heavy atom. The Morgan fingerprint density at radius 2 is 2.24 bits per heavy atom. The van der Waals surface area contributed by atoms with Crippen LogP contribution in [-0.2, 0) is 4.79 Å². The standard InChI is InChI=1S/C20H22BN5O3/c21-25-7-2-10-29-15-4-5-18-17(11-15)16(6-8-23-18)20(28)24-13-19(27)26-9-1-3-14(26)12-22/h4-6,8,11,14,25H,1-3,7,9-10,13H2,(H,24,28)/t14-/m0/s1. The number of carbonyl (C=O) groups excluding carboxylic acids is 2. The molecule has 2 amide bonds. The fourth-order valence-corrected chi connectivity index (χ4v) is 3.33. The van der Waals surface area contributed by atoms with E-state index in [2.05, 4.69) is 21.6 Å². The van der Waals surface area contributed by atoms with Crippen LogP contribution in [0.1, 0.15) is 29.6 Å². The molecule has 0 unspecified atom stereocenters. The second kappa shape index (κ2) is 9.89. The maximum Gasteiger partial charge on any atom is 0.252 e. The Balaban J connectivity index is 1.68. The molecule has 1 aromatic carbocycles. The largest absolute Gasteiger partial charge is 0.494 e. The van der Waals surface area contributed by atoms with Crippen molar-refractivity contribution >= 4 is 30.7 Å². The van der Waals surface area contributed by atoms with E-state index in [0.29, 0.717) is 48.3 Å². The third kappa shape index (κ3) is 5.03. The van der Waals surface area contributed by atoms with Crippen LogP contribution < -0.4 is 15.3 Å². The number of rotatable bonds is 8. The van der Waals surface area contributed by atoms with Crippen LogP contribution in [0.2, 0.25) is 0 Å². The summed E-state index contributed by atoms with van der Waals surface area (Å²) in [6.07, 6.45) is 3.78. The van der Waals surface area contributed by atoms with E-state index in [1.54, 1.807) is 30.5 Å². The van der Waals surface area contributed by atoms with Crippen molar-refractivity contribution in [3.8, 4) is 11.8 Å². The van der Waals surface area contributed by atoms with Crippen LogP contribution in [0.15, 0.2) is 30.5 Å². The van der Waals surface area contributed by atoms with Gasteiger partial charge in [0.2, 0.25) is 5.91 Å². The molecule has 1 atom stereocenters. The minimum atomic E-state index is -0.407. The summed E-state index contributed by atoms with van der Waals surface area (Å²) in [6, 6.07) is 8.68.